The average Bonchev–Trinajstić information content (AvgIpc) is 2.50. The fourth-order valence-electron chi connectivity index (χ4n) is 2.26. The number of aliphatic hydroxyl groups is 1. The van der Waals surface area contributed by atoms with Crippen molar-refractivity contribution in [2.75, 3.05) is 18.5 Å². The second-order valence-corrected chi connectivity index (χ2v) is 5.43. The van der Waals surface area contributed by atoms with Crippen LogP contribution in [0.4, 0.5) is 5.69 Å². The number of para-hydroxylation sites is 2. The van der Waals surface area contributed by atoms with E-state index in [4.69, 9.17) is 16.3 Å². The molecule has 1 atom stereocenters. The summed E-state index contributed by atoms with van der Waals surface area (Å²) in [7, 11) is 0. The summed E-state index contributed by atoms with van der Waals surface area (Å²) in [6.07, 6.45) is 0. The fourth-order valence-corrected chi connectivity index (χ4v) is 2.44. The molecule has 4 heteroatoms. The standard InChI is InChI=1S/C17H20ClNO2/c1-3-21-16-11-7-4-8-13(16)17(2,12-20)19-15-10-6-5-9-14(15)18/h4-11,19-20H,3,12H2,1-2H3. The van der Waals surface area contributed by atoms with E-state index >= 15 is 0 Å². The highest BCUT2D eigenvalue weighted by molar-refractivity contribution is 6.33. The van der Waals surface area contributed by atoms with Gasteiger partial charge < -0.3 is 15.2 Å². The third-order valence-electron chi connectivity index (χ3n) is 3.38. The molecule has 0 saturated carbocycles. The van der Waals surface area contributed by atoms with Crippen molar-refractivity contribution in [2.24, 2.45) is 0 Å². The summed E-state index contributed by atoms with van der Waals surface area (Å²) in [5.74, 6) is 0.760. The maximum absolute atomic E-state index is 9.92. The molecule has 0 fully saturated rings. The molecule has 0 spiro atoms. The number of hydrogen-bond acceptors (Lipinski definition) is 3. The lowest BCUT2D eigenvalue weighted by Gasteiger charge is -2.32. The molecule has 0 radical (unpaired) electrons. The van der Waals surface area contributed by atoms with Crippen molar-refractivity contribution in [3.8, 4) is 5.75 Å². The van der Waals surface area contributed by atoms with Crippen LogP contribution in [0, 0.1) is 0 Å². The van der Waals surface area contributed by atoms with Gasteiger partial charge in [0.25, 0.3) is 0 Å². The Labute approximate surface area is 130 Å². The normalized spacial score (nSPS) is 13.5. The Morgan fingerprint density at radius 1 is 1.14 bits per heavy atom. The quantitative estimate of drug-likeness (QED) is 0.845. The van der Waals surface area contributed by atoms with Crippen LogP contribution >= 0.6 is 11.6 Å². The number of aliphatic hydroxyl groups excluding tert-OH is 1. The third kappa shape index (κ3) is 3.49. The highest BCUT2D eigenvalue weighted by Gasteiger charge is 2.29. The number of nitrogens with one attached hydrogen (secondary N) is 1. The van der Waals surface area contributed by atoms with Crippen LogP contribution < -0.4 is 10.1 Å². The van der Waals surface area contributed by atoms with Crippen LogP contribution in [-0.4, -0.2) is 18.3 Å². The molecule has 0 heterocycles. The van der Waals surface area contributed by atoms with Crippen LogP contribution in [-0.2, 0) is 5.54 Å². The zero-order valence-corrected chi connectivity index (χ0v) is 13.0. The lowest BCUT2D eigenvalue weighted by atomic mass is 9.91. The first-order valence-electron chi connectivity index (χ1n) is 6.96. The lowest BCUT2D eigenvalue weighted by Crippen LogP contribution is -2.36. The maximum atomic E-state index is 9.92. The van der Waals surface area contributed by atoms with Crippen molar-refractivity contribution in [1.29, 1.82) is 0 Å². The van der Waals surface area contributed by atoms with Crippen LogP contribution in [0.15, 0.2) is 48.5 Å². The van der Waals surface area contributed by atoms with Gasteiger partial charge in [-0.05, 0) is 32.0 Å². The molecule has 2 aromatic carbocycles. The predicted octanol–water partition coefficient (Wildman–Crippen LogP) is 4.06. The van der Waals surface area contributed by atoms with Gasteiger partial charge in [-0.15, -0.1) is 0 Å². The van der Waals surface area contributed by atoms with E-state index in [2.05, 4.69) is 5.32 Å². The molecule has 2 rings (SSSR count). The van der Waals surface area contributed by atoms with Crippen LogP contribution in [0.1, 0.15) is 19.4 Å². The predicted molar refractivity (Wildman–Crippen MR) is 87.1 cm³/mol. The van der Waals surface area contributed by atoms with Gasteiger partial charge in [-0.25, -0.2) is 0 Å². The summed E-state index contributed by atoms with van der Waals surface area (Å²) in [5.41, 5.74) is 0.993. The molecule has 3 nitrogen and oxygen atoms in total. The Kier molecular flexibility index (Phi) is 5.10. The van der Waals surface area contributed by atoms with Gasteiger partial charge in [-0.3, -0.25) is 0 Å². The third-order valence-corrected chi connectivity index (χ3v) is 3.71. The summed E-state index contributed by atoms with van der Waals surface area (Å²) < 4.78 is 5.67. The monoisotopic (exact) mass is 305 g/mol. The van der Waals surface area contributed by atoms with E-state index in [0.29, 0.717) is 11.6 Å². The van der Waals surface area contributed by atoms with E-state index in [9.17, 15) is 5.11 Å². The molecule has 0 bridgehead atoms. The molecule has 2 N–H and O–H groups in total. The molecular formula is C17H20ClNO2. The Morgan fingerprint density at radius 2 is 1.81 bits per heavy atom. The van der Waals surface area contributed by atoms with Crippen molar-refractivity contribution in [3.63, 3.8) is 0 Å². The molecular weight excluding hydrogens is 286 g/mol. The Bertz CT molecular complexity index is 603. The van der Waals surface area contributed by atoms with E-state index in [1.807, 2.05) is 62.4 Å². The highest BCUT2D eigenvalue weighted by Crippen LogP contribution is 2.34. The summed E-state index contributed by atoms with van der Waals surface area (Å²) >= 11 is 6.20. The lowest BCUT2D eigenvalue weighted by molar-refractivity contribution is 0.218. The fraction of sp³-hybridized carbons (Fsp3) is 0.294. The van der Waals surface area contributed by atoms with E-state index in [-0.39, 0.29) is 6.61 Å². The van der Waals surface area contributed by atoms with Crippen LogP contribution in [0.5, 0.6) is 5.75 Å². The van der Waals surface area contributed by atoms with E-state index in [1.54, 1.807) is 0 Å². The minimum atomic E-state index is -0.684. The van der Waals surface area contributed by atoms with Gasteiger partial charge in [0.1, 0.15) is 5.75 Å². The Balaban J connectivity index is 2.39. The largest absolute Gasteiger partial charge is 0.494 e. The first-order chi connectivity index (χ1) is 10.1. The minimum absolute atomic E-state index is 0.0810. The van der Waals surface area contributed by atoms with E-state index in [0.717, 1.165) is 17.0 Å². The van der Waals surface area contributed by atoms with Crippen LogP contribution in [0.25, 0.3) is 0 Å². The second-order valence-electron chi connectivity index (χ2n) is 5.02. The molecule has 0 aliphatic rings. The van der Waals surface area contributed by atoms with Gasteiger partial charge in [0.2, 0.25) is 0 Å². The van der Waals surface area contributed by atoms with Crippen molar-refractivity contribution in [3.05, 3.63) is 59.1 Å². The second kappa shape index (κ2) is 6.83. The van der Waals surface area contributed by atoms with Gasteiger partial charge in [-0.2, -0.15) is 0 Å². The van der Waals surface area contributed by atoms with Crippen LogP contribution in [0.3, 0.4) is 0 Å². The molecule has 112 valence electrons. The molecule has 0 saturated heterocycles. The highest BCUT2D eigenvalue weighted by atomic mass is 35.5. The first-order valence-corrected chi connectivity index (χ1v) is 7.34. The van der Waals surface area contributed by atoms with Gasteiger partial charge in [0.05, 0.1) is 29.5 Å². The summed E-state index contributed by atoms with van der Waals surface area (Å²) in [6.45, 7) is 4.36. The number of anilines is 1. The molecule has 2 aromatic rings. The average molecular weight is 306 g/mol. The summed E-state index contributed by atoms with van der Waals surface area (Å²) in [6, 6.07) is 15.2. The van der Waals surface area contributed by atoms with Crippen molar-refractivity contribution < 1.29 is 9.84 Å². The number of rotatable bonds is 6. The molecule has 0 aliphatic heterocycles. The zero-order chi connectivity index (χ0) is 15.3. The Morgan fingerprint density at radius 3 is 2.48 bits per heavy atom. The topological polar surface area (TPSA) is 41.5 Å². The van der Waals surface area contributed by atoms with Gasteiger partial charge >= 0.3 is 0 Å². The molecule has 1 unspecified atom stereocenters. The van der Waals surface area contributed by atoms with Crippen molar-refractivity contribution in [1.82, 2.24) is 0 Å². The molecule has 21 heavy (non-hydrogen) atoms. The van der Waals surface area contributed by atoms with Crippen LogP contribution in [0.2, 0.25) is 5.02 Å². The molecule has 0 aromatic heterocycles. The Hall–Kier alpha value is -1.71. The van der Waals surface area contributed by atoms with Gasteiger partial charge in [0.15, 0.2) is 0 Å². The number of halogens is 1. The van der Waals surface area contributed by atoms with E-state index in [1.165, 1.54) is 0 Å². The van der Waals surface area contributed by atoms with Gasteiger partial charge in [0, 0.05) is 5.56 Å². The SMILES string of the molecule is CCOc1ccccc1C(C)(CO)Nc1ccccc1Cl. The zero-order valence-electron chi connectivity index (χ0n) is 12.3. The molecule has 0 amide bonds. The van der Waals surface area contributed by atoms with E-state index < -0.39 is 5.54 Å². The number of ether oxygens (including phenoxy) is 1. The number of benzene rings is 2. The first kappa shape index (κ1) is 15.7. The van der Waals surface area contributed by atoms with Crippen molar-refractivity contribution in [2.45, 2.75) is 19.4 Å². The van der Waals surface area contributed by atoms with Crippen molar-refractivity contribution >= 4 is 17.3 Å². The summed E-state index contributed by atoms with van der Waals surface area (Å²) in [5, 5.41) is 13.9. The van der Waals surface area contributed by atoms with Gasteiger partial charge in [-0.1, -0.05) is 41.9 Å². The minimum Gasteiger partial charge on any atom is -0.494 e. The summed E-state index contributed by atoms with van der Waals surface area (Å²) in [4.78, 5) is 0. The maximum Gasteiger partial charge on any atom is 0.124 e. The molecule has 0 aliphatic carbocycles. The smallest absolute Gasteiger partial charge is 0.124 e. The number of hydrogen-bond donors (Lipinski definition) is 2.